The molecule has 8 heteroatoms. The van der Waals surface area contributed by atoms with Crippen LogP contribution in [0.4, 0.5) is 11.4 Å². The number of rotatable bonds is 7. The normalized spacial score (nSPS) is 18.8. The molecule has 2 aromatic carbocycles. The van der Waals surface area contributed by atoms with Crippen molar-refractivity contribution in [3.05, 3.63) is 50.4 Å². The van der Waals surface area contributed by atoms with E-state index in [0.29, 0.717) is 29.0 Å². The molecule has 180 valence electrons. The maximum Gasteiger partial charge on any atom is 0.266 e. The minimum atomic E-state index is -0.0287. The van der Waals surface area contributed by atoms with Gasteiger partial charge >= 0.3 is 0 Å². The monoisotopic (exact) mass is 591 g/mol. The average Bonchev–Trinajstić information content (AvgIpc) is 3.15. The van der Waals surface area contributed by atoms with Crippen molar-refractivity contribution in [3.8, 4) is 11.5 Å². The smallest absolute Gasteiger partial charge is 0.266 e. The highest BCUT2D eigenvalue weighted by molar-refractivity contribution is 14.1. The van der Waals surface area contributed by atoms with E-state index < -0.39 is 0 Å². The van der Waals surface area contributed by atoms with E-state index in [1.165, 1.54) is 36.7 Å². The van der Waals surface area contributed by atoms with E-state index in [9.17, 15) is 4.79 Å². The minimum absolute atomic E-state index is 0.0287. The Hall–Kier alpha value is -2.20. The van der Waals surface area contributed by atoms with Crippen LogP contribution in [-0.2, 0) is 4.79 Å². The van der Waals surface area contributed by atoms with Crippen molar-refractivity contribution in [1.29, 1.82) is 0 Å². The molecule has 2 saturated heterocycles. The minimum Gasteiger partial charge on any atom is -0.493 e. The average molecular weight is 592 g/mol. The van der Waals surface area contributed by atoms with Crippen LogP contribution in [0.1, 0.15) is 38.7 Å². The third-order valence-electron chi connectivity index (χ3n) is 5.84. The second-order valence-electron chi connectivity index (χ2n) is 8.09. The molecule has 0 atom stereocenters. The van der Waals surface area contributed by atoms with Gasteiger partial charge in [0.2, 0.25) is 0 Å². The van der Waals surface area contributed by atoms with Gasteiger partial charge in [-0.25, -0.2) is 4.99 Å². The van der Waals surface area contributed by atoms with E-state index in [4.69, 9.17) is 14.5 Å². The van der Waals surface area contributed by atoms with Gasteiger partial charge in [0.1, 0.15) is 0 Å². The van der Waals surface area contributed by atoms with E-state index in [1.54, 1.807) is 12.0 Å². The Morgan fingerprint density at radius 3 is 2.50 bits per heavy atom. The zero-order valence-electron chi connectivity index (χ0n) is 19.8. The summed E-state index contributed by atoms with van der Waals surface area (Å²) in [6.45, 7) is 7.28. The third-order valence-corrected chi connectivity index (χ3v) is 7.65. The first-order valence-electron chi connectivity index (χ1n) is 11.7. The standard InChI is InChI=1S/C26H30IN3O3S/c1-4-30-25(31)23(17-18-15-21(27)24(33-5-2)22(16-18)32-3)34-26(30)28-19-9-11-20(12-10-19)29-13-7-6-8-14-29/h9-12,15-17H,4-8,13-14H2,1-3H3/b23-17+,28-26?. The summed E-state index contributed by atoms with van der Waals surface area (Å²) in [5.74, 6) is 1.36. The highest BCUT2D eigenvalue weighted by Gasteiger charge is 2.32. The Labute approximate surface area is 219 Å². The molecule has 0 radical (unpaired) electrons. The highest BCUT2D eigenvalue weighted by atomic mass is 127. The molecule has 34 heavy (non-hydrogen) atoms. The van der Waals surface area contributed by atoms with Crippen molar-refractivity contribution in [2.75, 3.05) is 38.3 Å². The lowest BCUT2D eigenvalue weighted by Crippen LogP contribution is -2.29. The van der Waals surface area contributed by atoms with Gasteiger partial charge in [-0.05, 0) is 116 Å². The molecule has 0 bridgehead atoms. The lowest BCUT2D eigenvalue weighted by Gasteiger charge is -2.28. The number of carbonyl (C=O) groups excluding carboxylic acids is 1. The van der Waals surface area contributed by atoms with Crippen molar-refractivity contribution < 1.29 is 14.3 Å². The zero-order chi connectivity index (χ0) is 24.1. The summed E-state index contributed by atoms with van der Waals surface area (Å²) in [5.41, 5.74) is 2.99. The molecule has 0 N–H and O–H groups in total. The molecular formula is C26H30IN3O3S. The number of ether oxygens (including phenoxy) is 2. The third kappa shape index (κ3) is 5.54. The fraction of sp³-hybridized carbons (Fsp3) is 0.385. The van der Waals surface area contributed by atoms with E-state index >= 15 is 0 Å². The molecule has 2 heterocycles. The summed E-state index contributed by atoms with van der Waals surface area (Å²) in [5, 5.41) is 0.706. The topological polar surface area (TPSA) is 54.4 Å². The molecule has 6 nitrogen and oxygen atoms in total. The Balaban J connectivity index is 1.57. The van der Waals surface area contributed by atoms with Crippen LogP contribution in [0.3, 0.4) is 0 Å². The number of anilines is 1. The van der Waals surface area contributed by atoms with Crippen molar-refractivity contribution in [2.45, 2.75) is 33.1 Å². The molecule has 2 aliphatic heterocycles. The zero-order valence-corrected chi connectivity index (χ0v) is 22.8. The number of hydrogen-bond acceptors (Lipinski definition) is 6. The number of nitrogens with zero attached hydrogens (tertiary/aromatic N) is 3. The number of piperidine rings is 1. The first-order valence-corrected chi connectivity index (χ1v) is 13.6. The van der Waals surface area contributed by atoms with Crippen molar-refractivity contribution >= 4 is 62.9 Å². The van der Waals surface area contributed by atoms with Gasteiger partial charge in [-0.2, -0.15) is 0 Å². The molecule has 2 aromatic rings. The van der Waals surface area contributed by atoms with Gasteiger partial charge in [0.15, 0.2) is 16.7 Å². The summed E-state index contributed by atoms with van der Waals surface area (Å²) in [6, 6.07) is 12.2. The van der Waals surface area contributed by atoms with Crippen LogP contribution in [0.15, 0.2) is 46.3 Å². The van der Waals surface area contributed by atoms with E-state index in [2.05, 4.69) is 39.6 Å². The van der Waals surface area contributed by atoms with Crippen molar-refractivity contribution in [1.82, 2.24) is 4.90 Å². The van der Waals surface area contributed by atoms with Crippen molar-refractivity contribution in [2.24, 2.45) is 4.99 Å². The molecule has 1 amide bonds. The fourth-order valence-electron chi connectivity index (χ4n) is 4.13. The van der Waals surface area contributed by atoms with Gasteiger partial charge in [0.25, 0.3) is 5.91 Å². The van der Waals surface area contributed by atoms with Gasteiger partial charge in [-0.1, -0.05) is 0 Å². The summed E-state index contributed by atoms with van der Waals surface area (Å²) in [7, 11) is 1.63. The van der Waals surface area contributed by atoms with Crippen LogP contribution in [0.25, 0.3) is 6.08 Å². The van der Waals surface area contributed by atoms with Gasteiger partial charge in [-0.3, -0.25) is 9.69 Å². The number of amides is 1. The van der Waals surface area contributed by atoms with Gasteiger partial charge < -0.3 is 14.4 Å². The summed E-state index contributed by atoms with van der Waals surface area (Å²) in [6.07, 6.45) is 5.72. The largest absolute Gasteiger partial charge is 0.493 e. The number of hydrogen-bond donors (Lipinski definition) is 0. The predicted molar refractivity (Wildman–Crippen MR) is 149 cm³/mol. The van der Waals surface area contributed by atoms with Crippen LogP contribution in [0.2, 0.25) is 0 Å². The quantitative estimate of drug-likeness (QED) is 0.279. The number of likely N-dealkylation sites (N-methyl/N-ethyl adjacent to an activating group) is 1. The molecular weight excluding hydrogens is 561 g/mol. The van der Waals surface area contributed by atoms with Crippen LogP contribution >= 0.6 is 34.4 Å². The first kappa shape index (κ1) is 24.9. The Bertz CT molecular complexity index is 1100. The highest BCUT2D eigenvalue weighted by Crippen LogP contribution is 2.38. The Morgan fingerprint density at radius 2 is 1.85 bits per heavy atom. The van der Waals surface area contributed by atoms with E-state index in [0.717, 1.165) is 33.7 Å². The second-order valence-corrected chi connectivity index (χ2v) is 10.3. The maximum absolute atomic E-state index is 13.1. The van der Waals surface area contributed by atoms with E-state index in [-0.39, 0.29) is 5.91 Å². The molecule has 0 unspecified atom stereocenters. The molecule has 2 fully saturated rings. The van der Waals surface area contributed by atoms with Crippen LogP contribution < -0.4 is 14.4 Å². The number of thioether (sulfide) groups is 1. The van der Waals surface area contributed by atoms with Crippen molar-refractivity contribution in [3.63, 3.8) is 0 Å². The van der Waals surface area contributed by atoms with Gasteiger partial charge in [0, 0.05) is 25.3 Å². The molecule has 2 aliphatic rings. The van der Waals surface area contributed by atoms with Gasteiger partial charge in [0.05, 0.1) is 27.9 Å². The van der Waals surface area contributed by atoms with Crippen LogP contribution in [0.5, 0.6) is 11.5 Å². The van der Waals surface area contributed by atoms with E-state index in [1.807, 2.05) is 44.2 Å². The number of benzene rings is 2. The Kier molecular flexibility index (Phi) is 8.41. The number of aliphatic imine (C=N–C) groups is 1. The number of halogens is 1. The maximum atomic E-state index is 13.1. The van der Waals surface area contributed by atoms with Gasteiger partial charge in [-0.15, -0.1) is 0 Å². The van der Waals surface area contributed by atoms with Crippen LogP contribution in [0, 0.1) is 3.57 Å². The lowest BCUT2D eigenvalue weighted by molar-refractivity contribution is -0.122. The predicted octanol–water partition coefficient (Wildman–Crippen LogP) is 6.31. The SMILES string of the molecule is CCOc1c(I)cc(/C=C2/SC(=Nc3ccc(N4CCCCC4)cc3)N(CC)C2=O)cc1OC. The summed E-state index contributed by atoms with van der Waals surface area (Å²) >= 11 is 3.65. The fourth-order valence-corrected chi connectivity index (χ4v) is 5.97. The Morgan fingerprint density at radius 1 is 1.12 bits per heavy atom. The lowest BCUT2D eigenvalue weighted by atomic mass is 10.1. The molecule has 4 rings (SSSR count). The molecule has 0 aliphatic carbocycles. The molecule has 0 spiro atoms. The summed E-state index contributed by atoms with van der Waals surface area (Å²) < 4.78 is 12.2. The molecule has 0 saturated carbocycles. The number of carbonyl (C=O) groups is 1. The number of amidine groups is 1. The summed E-state index contributed by atoms with van der Waals surface area (Å²) in [4.78, 5) is 22.7. The second kappa shape index (κ2) is 11.5. The number of methoxy groups -OCH3 is 1. The first-order chi connectivity index (χ1) is 16.5. The molecule has 0 aromatic heterocycles. The van der Waals surface area contributed by atoms with Crippen LogP contribution in [-0.4, -0.2) is 49.3 Å².